The van der Waals surface area contributed by atoms with Crippen molar-refractivity contribution >= 4 is 35.6 Å². The van der Waals surface area contributed by atoms with Gasteiger partial charge in [0.1, 0.15) is 18.1 Å². The standard InChI is InChI=1S/C19H33N7O7/c1-10(20)17(31)26-9-3-5-13(26)16(30)24-11(6-7-14(27)28)15(29)25-12(18(32)33)4-2-8-23-19(21)22/h10-13H,2-9,20H2,1H3,(H,24,30)(H,25,29)(H,27,28)(H,32,33)(H4,21,22,23). The van der Waals surface area contributed by atoms with Crippen molar-refractivity contribution < 1.29 is 34.2 Å². The Morgan fingerprint density at radius 3 is 2.30 bits per heavy atom. The molecule has 0 radical (unpaired) electrons. The average molecular weight is 472 g/mol. The van der Waals surface area contributed by atoms with E-state index in [2.05, 4.69) is 15.6 Å². The van der Waals surface area contributed by atoms with Crippen LogP contribution in [0.5, 0.6) is 0 Å². The Labute approximate surface area is 190 Å². The Morgan fingerprint density at radius 1 is 1.09 bits per heavy atom. The number of nitrogens with one attached hydrogen (secondary N) is 2. The molecular formula is C19H33N7O7. The molecule has 3 amide bonds. The van der Waals surface area contributed by atoms with E-state index in [4.69, 9.17) is 22.3 Å². The second-order valence-electron chi connectivity index (χ2n) is 7.82. The fourth-order valence-electron chi connectivity index (χ4n) is 3.40. The second-order valence-corrected chi connectivity index (χ2v) is 7.82. The number of hydrogen-bond acceptors (Lipinski definition) is 7. The van der Waals surface area contributed by atoms with E-state index in [-0.39, 0.29) is 31.8 Å². The molecule has 1 heterocycles. The highest BCUT2D eigenvalue weighted by atomic mass is 16.4. The summed E-state index contributed by atoms with van der Waals surface area (Å²) >= 11 is 0. The van der Waals surface area contributed by atoms with Gasteiger partial charge in [-0.3, -0.25) is 24.2 Å². The Bertz CT molecular complexity index is 768. The first-order valence-electron chi connectivity index (χ1n) is 10.6. The number of guanidine groups is 1. The van der Waals surface area contributed by atoms with Gasteiger partial charge in [-0.05, 0) is 39.0 Å². The molecule has 186 valence electrons. The minimum absolute atomic E-state index is 0.0107. The smallest absolute Gasteiger partial charge is 0.326 e. The summed E-state index contributed by atoms with van der Waals surface area (Å²) in [7, 11) is 0. The normalized spacial score (nSPS) is 18.0. The molecule has 1 aliphatic rings. The number of carboxylic acids is 2. The predicted octanol–water partition coefficient (Wildman–Crippen LogP) is -2.70. The molecule has 14 heteroatoms. The van der Waals surface area contributed by atoms with E-state index in [0.717, 1.165) is 0 Å². The van der Waals surface area contributed by atoms with Crippen molar-refractivity contribution in [2.24, 2.45) is 22.2 Å². The van der Waals surface area contributed by atoms with Crippen molar-refractivity contribution in [3.63, 3.8) is 0 Å². The first kappa shape index (κ1) is 27.6. The summed E-state index contributed by atoms with van der Waals surface area (Å²) in [6.45, 7) is 1.99. The maximum Gasteiger partial charge on any atom is 0.326 e. The van der Waals surface area contributed by atoms with Gasteiger partial charge in [-0.15, -0.1) is 0 Å². The van der Waals surface area contributed by atoms with Crippen LogP contribution in [0.15, 0.2) is 4.99 Å². The summed E-state index contributed by atoms with van der Waals surface area (Å²) in [5.41, 5.74) is 16.1. The van der Waals surface area contributed by atoms with Crippen LogP contribution in [-0.2, 0) is 24.0 Å². The van der Waals surface area contributed by atoms with Crippen LogP contribution in [-0.4, -0.2) is 88.0 Å². The van der Waals surface area contributed by atoms with Gasteiger partial charge in [-0.2, -0.15) is 0 Å². The number of carbonyl (C=O) groups is 5. The quantitative estimate of drug-likeness (QED) is 0.0831. The molecule has 0 aromatic carbocycles. The van der Waals surface area contributed by atoms with Crippen LogP contribution in [0.1, 0.15) is 45.4 Å². The Balaban J connectivity index is 2.87. The van der Waals surface area contributed by atoms with Crippen molar-refractivity contribution in [2.45, 2.75) is 69.6 Å². The van der Waals surface area contributed by atoms with Crippen LogP contribution >= 0.6 is 0 Å². The molecule has 1 saturated heterocycles. The lowest BCUT2D eigenvalue weighted by atomic mass is 10.1. The molecule has 33 heavy (non-hydrogen) atoms. The van der Waals surface area contributed by atoms with Gasteiger partial charge < -0.3 is 42.9 Å². The summed E-state index contributed by atoms with van der Waals surface area (Å²) in [4.78, 5) is 65.4. The van der Waals surface area contributed by atoms with Gasteiger partial charge in [0, 0.05) is 19.5 Å². The molecule has 0 aromatic heterocycles. The lowest BCUT2D eigenvalue weighted by molar-refractivity contribution is -0.143. The lowest BCUT2D eigenvalue weighted by Crippen LogP contribution is -2.56. The van der Waals surface area contributed by atoms with E-state index in [1.807, 2.05) is 0 Å². The van der Waals surface area contributed by atoms with Crippen molar-refractivity contribution in [1.82, 2.24) is 15.5 Å². The fourth-order valence-corrected chi connectivity index (χ4v) is 3.40. The lowest BCUT2D eigenvalue weighted by Gasteiger charge is -2.27. The van der Waals surface area contributed by atoms with Gasteiger partial charge in [0.25, 0.3) is 0 Å². The number of aliphatic carboxylic acids is 2. The molecule has 10 N–H and O–H groups in total. The maximum atomic E-state index is 12.8. The topological polar surface area (TPSA) is 244 Å². The van der Waals surface area contributed by atoms with E-state index in [9.17, 15) is 29.1 Å². The van der Waals surface area contributed by atoms with Crippen LogP contribution < -0.4 is 27.8 Å². The highest BCUT2D eigenvalue weighted by molar-refractivity contribution is 5.94. The van der Waals surface area contributed by atoms with E-state index in [0.29, 0.717) is 19.4 Å². The number of nitrogens with two attached hydrogens (primary N) is 3. The molecule has 0 spiro atoms. The fraction of sp³-hybridized carbons (Fsp3) is 0.684. The Morgan fingerprint density at radius 2 is 1.76 bits per heavy atom. The van der Waals surface area contributed by atoms with Crippen LogP contribution in [0.4, 0.5) is 0 Å². The minimum Gasteiger partial charge on any atom is -0.481 e. The van der Waals surface area contributed by atoms with Crippen molar-refractivity contribution in [3.05, 3.63) is 0 Å². The number of aliphatic imine (C=N–C) groups is 1. The van der Waals surface area contributed by atoms with Gasteiger partial charge >= 0.3 is 11.9 Å². The Hall–Kier alpha value is -3.42. The zero-order valence-electron chi connectivity index (χ0n) is 18.5. The van der Waals surface area contributed by atoms with E-state index in [1.54, 1.807) is 0 Å². The predicted molar refractivity (Wildman–Crippen MR) is 117 cm³/mol. The molecule has 0 bridgehead atoms. The first-order valence-corrected chi connectivity index (χ1v) is 10.6. The molecular weight excluding hydrogens is 438 g/mol. The van der Waals surface area contributed by atoms with Crippen molar-refractivity contribution in [3.8, 4) is 0 Å². The van der Waals surface area contributed by atoms with Gasteiger partial charge in [0.15, 0.2) is 5.96 Å². The van der Waals surface area contributed by atoms with Crippen LogP contribution in [0.25, 0.3) is 0 Å². The average Bonchev–Trinajstić information content (AvgIpc) is 3.21. The summed E-state index contributed by atoms with van der Waals surface area (Å²) in [5.74, 6) is -4.53. The minimum atomic E-state index is -1.30. The second kappa shape index (κ2) is 13.2. The largest absolute Gasteiger partial charge is 0.481 e. The number of likely N-dealkylation sites (tertiary alicyclic amines) is 1. The van der Waals surface area contributed by atoms with E-state index < -0.39 is 60.2 Å². The summed E-state index contributed by atoms with van der Waals surface area (Å²) in [6.07, 6.45) is 0.503. The monoisotopic (exact) mass is 471 g/mol. The van der Waals surface area contributed by atoms with Gasteiger partial charge in [-0.25, -0.2) is 4.79 Å². The Kier molecular flexibility index (Phi) is 11.0. The van der Waals surface area contributed by atoms with Crippen LogP contribution in [0.2, 0.25) is 0 Å². The zero-order valence-corrected chi connectivity index (χ0v) is 18.5. The number of carboxylic acid groups (broad SMARTS) is 2. The molecule has 0 aromatic rings. The van der Waals surface area contributed by atoms with E-state index in [1.165, 1.54) is 11.8 Å². The zero-order chi connectivity index (χ0) is 25.1. The molecule has 0 aliphatic carbocycles. The number of rotatable bonds is 13. The summed E-state index contributed by atoms with van der Waals surface area (Å²) in [5, 5.41) is 23.2. The van der Waals surface area contributed by atoms with Crippen LogP contribution in [0, 0.1) is 0 Å². The number of nitrogens with zero attached hydrogens (tertiary/aromatic N) is 2. The third-order valence-corrected chi connectivity index (χ3v) is 5.07. The van der Waals surface area contributed by atoms with Crippen molar-refractivity contribution in [1.29, 1.82) is 0 Å². The van der Waals surface area contributed by atoms with Gasteiger partial charge in [0.2, 0.25) is 17.7 Å². The van der Waals surface area contributed by atoms with E-state index >= 15 is 0 Å². The van der Waals surface area contributed by atoms with Gasteiger partial charge in [0.05, 0.1) is 6.04 Å². The highest BCUT2D eigenvalue weighted by Crippen LogP contribution is 2.19. The maximum absolute atomic E-state index is 12.8. The molecule has 0 saturated carbocycles. The molecule has 1 rings (SSSR count). The third kappa shape index (κ3) is 9.31. The number of carbonyl (C=O) groups excluding carboxylic acids is 3. The van der Waals surface area contributed by atoms with Crippen LogP contribution in [0.3, 0.4) is 0 Å². The first-order chi connectivity index (χ1) is 15.4. The number of hydrogen-bond donors (Lipinski definition) is 7. The molecule has 4 atom stereocenters. The molecule has 1 aliphatic heterocycles. The van der Waals surface area contributed by atoms with Gasteiger partial charge in [-0.1, -0.05) is 0 Å². The summed E-state index contributed by atoms with van der Waals surface area (Å²) < 4.78 is 0. The highest BCUT2D eigenvalue weighted by Gasteiger charge is 2.37. The summed E-state index contributed by atoms with van der Waals surface area (Å²) in [6, 6.07) is -4.25. The SMILES string of the molecule is CC(N)C(=O)N1CCCC1C(=O)NC(CCC(=O)O)C(=O)NC(CCCN=C(N)N)C(=O)O. The molecule has 14 nitrogen and oxygen atoms in total. The van der Waals surface area contributed by atoms with Crippen molar-refractivity contribution in [2.75, 3.05) is 13.1 Å². The molecule has 1 fully saturated rings. The third-order valence-electron chi connectivity index (χ3n) is 5.07. The number of amides is 3. The molecule has 4 unspecified atom stereocenters.